The van der Waals surface area contributed by atoms with Gasteiger partial charge in [-0.15, -0.1) is 0 Å². The Balaban J connectivity index is 2.02. The highest BCUT2D eigenvalue weighted by Gasteiger charge is 2.43. The second kappa shape index (κ2) is 13.1. The number of nitrogens with zero attached hydrogens (tertiary/aromatic N) is 3. The van der Waals surface area contributed by atoms with E-state index in [0.717, 1.165) is 12.0 Å². The van der Waals surface area contributed by atoms with Gasteiger partial charge in [-0.3, -0.25) is 4.79 Å². The molecule has 0 radical (unpaired) electrons. The number of hydrogen-bond acceptors (Lipinski definition) is 6. The third-order valence-electron chi connectivity index (χ3n) is 9.24. The van der Waals surface area contributed by atoms with E-state index in [0.29, 0.717) is 30.6 Å². The number of benzene rings is 1. The van der Waals surface area contributed by atoms with E-state index in [-0.39, 0.29) is 34.8 Å². The smallest absolute Gasteiger partial charge is 0.342 e. The third kappa shape index (κ3) is 8.57. The largest absolute Gasteiger partial charge is 0.543 e. The Morgan fingerprint density at radius 3 is 2.31 bits per heavy atom. The second-order valence-corrected chi connectivity index (χ2v) is 24.1. The summed E-state index contributed by atoms with van der Waals surface area (Å²) in [6, 6.07) is 5.75. The summed E-state index contributed by atoms with van der Waals surface area (Å²) in [6.45, 7) is 22.1. The minimum Gasteiger partial charge on any atom is -0.543 e. The molecule has 0 N–H and O–H groups in total. The monoisotopic (exact) mass is 615 g/mol. The topological polar surface area (TPSA) is 120 Å². The average Bonchev–Trinajstić information content (AvgIpc) is 2.81. The van der Waals surface area contributed by atoms with Crippen LogP contribution in [-0.2, 0) is 25.1 Å². The Morgan fingerprint density at radius 1 is 1.05 bits per heavy atom. The van der Waals surface area contributed by atoms with Crippen LogP contribution in [0, 0.1) is 0 Å². The number of amides is 1. The van der Waals surface area contributed by atoms with Gasteiger partial charge in [0.25, 0.3) is 8.32 Å². The average molecular weight is 616 g/mol. The predicted octanol–water partition coefficient (Wildman–Crippen LogP) is 8.26. The minimum atomic E-state index is -2.27. The molecule has 1 aromatic carbocycles. The lowest BCUT2D eigenvalue weighted by Crippen LogP contribution is -2.48. The lowest BCUT2D eigenvalue weighted by atomic mass is 9.91. The molecule has 3 rings (SSSR count). The zero-order chi connectivity index (χ0) is 31.5. The summed E-state index contributed by atoms with van der Waals surface area (Å²) in [7, 11) is -4.30. The standard InChI is InChI=1S/C31H49N3O6Si2/c1-30(2,3)41(7,8)39-25-19-23-17-21-13-11-15-26(40-42(9,10)31(4,5)6)28(21)29(36)38-22(18-24(20-25)37-23)14-12-16-27(35)33-34-32/h11-13,15-16,22-25H,14,17-20H2,1-10H3/b16-12+/t22-,23-,24-,25-/m0/s1. The van der Waals surface area contributed by atoms with Crippen LogP contribution in [0.5, 0.6) is 5.75 Å². The summed E-state index contributed by atoms with van der Waals surface area (Å²) in [5.41, 5.74) is 9.83. The van der Waals surface area contributed by atoms with Gasteiger partial charge < -0.3 is 18.3 Å². The highest BCUT2D eigenvalue weighted by atomic mass is 28.4. The second-order valence-electron chi connectivity index (χ2n) is 14.6. The van der Waals surface area contributed by atoms with E-state index < -0.39 is 34.6 Å². The zero-order valence-electron chi connectivity index (χ0n) is 27.0. The lowest BCUT2D eigenvalue weighted by molar-refractivity contribution is -0.113. The van der Waals surface area contributed by atoms with Crippen molar-refractivity contribution in [1.29, 1.82) is 0 Å². The van der Waals surface area contributed by atoms with Gasteiger partial charge in [0, 0.05) is 23.9 Å². The molecule has 0 saturated carbocycles. The first-order chi connectivity index (χ1) is 19.3. The molecular weight excluding hydrogens is 567 g/mol. The molecule has 1 fully saturated rings. The van der Waals surface area contributed by atoms with Crippen LogP contribution >= 0.6 is 0 Å². The van der Waals surface area contributed by atoms with Crippen molar-refractivity contribution in [1.82, 2.24) is 0 Å². The summed E-state index contributed by atoms with van der Waals surface area (Å²) in [6.07, 6.45) is 4.70. The number of ether oxygens (including phenoxy) is 2. The number of hydrogen-bond donors (Lipinski definition) is 0. The Bertz CT molecular complexity index is 1230. The number of esters is 1. The summed E-state index contributed by atoms with van der Waals surface area (Å²) < 4.78 is 26.3. The third-order valence-corrected chi connectivity index (χ3v) is 18.1. The maximum absolute atomic E-state index is 13.9. The van der Waals surface area contributed by atoms with E-state index in [1.54, 1.807) is 6.08 Å². The van der Waals surface area contributed by atoms with Crippen LogP contribution in [0.15, 0.2) is 35.5 Å². The summed E-state index contributed by atoms with van der Waals surface area (Å²) in [5.74, 6) is -0.594. The molecule has 0 unspecified atom stereocenters. The zero-order valence-corrected chi connectivity index (χ0v) is 29.0. The summed E-state index contributed by atoms with van der Waals surface area (Å²) in [4.78, 5) is 28.2. The van der Waals surface area contributed by atoms with Gasteiger partial charge in [0.1, 0.15) is 17.4 Å². The molecule has 9 nitrogen and oxygen atoms in total. The number of carbonyl (C=O) groups is 2. The van der Waals surface area contributed by atoms with Gasteiger partial charge in [-0.2, -0.15) is 0 Å². The Labute approximate surface area is 253 Å². The van der Waals surface area contributed by atoms with Crippen molar-refractivity contribution < 1.29 is 27.9 Å². The van der Waals surface area contributed by atoms with E-state index in [4.69, 9.17) is 23.9 Å². The lowest BCUT2D eigenvalue weighted by Gasteiger charge is -2.44. The van der Waals surface area contributed by atoms with E-state index in [9.17, 15) is 9.59 Å². The molecule has 0 aromatic heterocycles. The molecule has 1 amide bonds. The first kappa shape index (κ1) is 34.1. The molecule has 0 aliphatic carbocycles. The van der Waals surface area contributed by atoms with E-state index >= 15 is 0 Å². The molecule has 2 heterocycles. The van der Waals surface area contributed by atoms with Gasteiger partial charge in [-0.1, -0.05) is 59.8 Å². The minimum absolute atomic E-state index is 0.0302. The molecule has 0 spiro atoms. The molecule has 2 bridgehead atoms. The van der Waals surface area contributed by atoms with Crippen LogP contribution < -0.4 is 4.43 Å². The number of azide groups is 1. The number of cyclic esters (lactones) is 1. The van der Waals surface area contributed by atoms with Crippen molar-refractivity contribution in [3.63, 3.8) is 0 Å². The predicted molar refractivity (Wildman–Crippen MR) is 170 cm³/mol. The molecule has 232 valence electrons. The molecule has 1 aromatic rings. The van der Waals surface area contributed by atoms with Crippen molar-refractivity contribution in [3.05, 3.63) is 51.9 Å². The van der Waals surface area contributed by atoms with Crippen LogP contribution in [0.4, 0.5) is 0 Å². The van der Waals surface area contributed by atoms with Gasteiger partial charge in [-0.05, 0) is 83.9 Å². The first-order valence-corrected chi connectivity index (χ1v) is 20.8. The molecule has 2 aliphatic heterocycles. The fraction of sp³-hybridized carbons (Fsp3) is 0.677. The number of carbonyl (C=O) groups excluding carboxylic acids is 2. The summed E-state index contributed by atoms with van der Waals surface area (Å²) >= 11 is 0. The van der Waals surface area contributed by atoms with Crippen LogP contribution in [0.3, 0.4) is 0 Å². The molecule has 42 heavy (non-hydrogen) atoms. The van der Waals surface area contributed by atoms with Gasteiger partial charge >= 0.3 is 5.97 Å². The highest BCUT2D eigenvalue weighted by molar-refractivity contribution is 6.75. The SMILES string of the molecule is CC(C)(C)[Si](C)(C)Oc1cccc2c1C(=O)O[C@@H](C/C=C/C(=O)N=[N+]=[N-])C[C@H]1C[C@@H](O[Si](C)(C)C(C)(C)C)C[C@H](C2)O1. The van der Waals surface area contributed by atoms with Crippen LogP contribution in [0.25, 0.3) is 10.4 Å². The normalized spacial score (nSPS) is 23.9. The van der Waals surface area contributed by atoms with Crippen molar-refractivity contribution in [2.24, 2.45) is 5.11 Å². The molecular formula is C31H49N3O6Si2. The fourth-order valence-corrected chi connectivity index (χ4v) is 7.27. The van der Waals surface area contributed by atoms with Crippen molar-refractivity contribution in [2.45, 2.75) is 134 Å². The molecule has 1 saturated heterocycles. The molecule has 4 atom stereocenters. The summed E-state index contributed by atoms with van der Waals surface area (Å²) in [5, 5.41) is 3.10. The quantitative estimate of drug-likeness (QED) is 0.0760. The maximum atomic E-state index is 13.9. The van der Waals surface area contributed by atoms with Crippen LogP contribution in [-0.4, -0.2) is 52.9 Å². The first-order valence-electron chi connectivity index (χ1n) is 14.9. The number of rotatable bonds is 7. The number of fused-ring (bicyclic) bond motifs is 3. The van der Waals surface area contributed by atoms with Crippen molar-refractivity contribution in [3.8, 4) is 5.75 Å². The van der Waals surface area contributed by atoms with Gasteiger partial charge in [0.05, 0.1) is 12.2 Å². The Hall–Kier alpha value is -2.44. The van der Waals surface area contributed by atoms with Crippen molar-refractivity contribution in [2.75, 3.05) is 0 Å². The highest BCUT2D eigenvalue weighted by Crippen LogP contribution is 2.42. The van der Waals surface area contributed by atoms with Crippen molar-refractivity contribution >= 4 is 28.5 Å². The van der Waals surface area contributed by atoms with Gasteiger partial charge in [0.2, 0.25) is 5.91 Å². The Kier molecular flexibility index (Phi) is 10.6. The van der Waals surface area contributed by atoms with Crippen LogP contribution in [0.2, 0.25) is 36.3 Å². The van der Waals surface area contributed by atoms with Gasteiger partial charge in [0.15, 0.2) is 8.32 Å². The molecule has 2 aliphatic rings. The van der Waals surface area contributed by atoms with Gasteiger partial charge in [-0.25, -0.2) is 4.79 Å². The van der Waals surface area contributed by atoms with E-state index in [1.807, 2.05) is 18.2 Å². The van der Waals surface area contributed by atoms with E-state index in [2.05, 4.69) is 77.8 Å². The fourth-order valence-electron chi connectivity index (χ4n) is 4.87. The Morgan fingerprint density at radius 2 is 1.69 bits per heavy atom. The maximum Gasteiger partial charge on any atom is 0.342 e. The molecule has 11 heteroatoms. The van der Waals surface area contributed by atoms with Crippen LogP contribution in [0.1, 0.15) is 83.1 Å². The van der Waals surface area contributed by atoms with E-state index in [1.165, 1.54) is 6.08 Å².